The van der Waals surface area contributed by atoms with E-state index in [1.165, 1.54) is 0 Å². The van der Waals surface area contributed by atoms with Gasteiger partial charge in [-0.2, -0.15) is 0 Å². The third kappa shape index (κ3) is 4.90. The summed E-state index contributed by atoms with van der Waals surface area (Å²) in [5.41, 5.74) is 0. The molecule has 0 N–H and O–H groups in total. The molecular formula is C10H16BrO5P. The number of hydrogen-bond donors (Lipinski definition) is 0. The number of ether oxygens (including phenoxy) is 2. The molecule has 2 aliphatic heterocycles. The Balaban J connectivity index is 0.000000202. The van der Waals surface area contributed by atoms with Gasteiger partial charge in [0.05, 0.1) is 19.8 Å². The van der Waals surface area contributed by atoms with Gasteiger partial charge in [-0.15, -0.1) is 0 Å². The molecule has 2 unspecified atom stereocenters. The first-order valence-electron chi connectivity index (χ1n) is 5.42. The lowest BCUT2D eigenvalue weighted by molar-refractivity contribution is -0.140. The summed E-state index contributed by atoms with van der Waals surface area (Å²) in [4.78, 5) is 21.1. The van der Waals surface area contributed by atoms with E-state index in [2.05, 4.69) is 30.1 Å². The molecular weight excluding hydrogens is 311 g/mol. The number of halogens is 1. The SMILES string of the molecule is O=C1CCCO1.O=C1OCCC1(Br)CCOP. The lowest BCUT2D eigenvalue weighted by atomic mass is 10.1. The molecule has 0 spiro atoms. The quantitative estimate of drug-likeness (QED) is 0.447. The second-order valence-electron chi connectivity index (χ2n) is 3.80. The lowest BCUT2D eigenvalue weighted by Gasteiger charge is -2.14. The largest absolute Gasteiger partial charge is 0.466 e. The van der Waals surface area contributed by atoms with Gasteiger partial charge < -0.3 is 14.0 Å². The predicted octanol–water partition coefficient (Wildman–Crippen LogP) is 1.59. The molecule has 0 saturated carbocycles. The summed E-state index contributed by atoms with van der Waals surface area (Å²) in [7, 11) is 2.16. The Hall–Kier alpha value is -0.190. The van der Waals surface area contributed by atoms with Crippen LogP contribution in [0.25, 0.3) is 0 Å². The third-order valence-corrected chi connectivity index (χ3v) is 3.85. The van der Waals surface area contributed by atoms with E-state index in [1.54, 1.807) is 0 Å². The van der Waals surface area contributed by atoms with Crippen LogP contribution in [0.1, 0.15) is 25.7 Å². The highest BCUT2D eigenvalue weighted by atomic mass is 79.9. The van der Waals surface area contributed by atoms with E-state index >= 15 is 0 Å². The van der Waals surface area contributed by atoms with Crippen molar-refractivity contribution in [1.29, 1.82) is 0 Å². The monoisotopic (exact) mass is 326 g/mol. The summed E-state index contributed by atoms with van der Waals surface area (Å²) < 4.78 is 13.6. The Morgan fingerprint density at radius 2 is 2.12 bits per heavy atom. The van der Waals surface area contributed by atoms with Crippen molar-refractivity contribution in [1.82, 2.24) is 0 Å². The smallest absolute Gasteiger partial charge is 0.323 e. The van der Waals surface area contributed by atoms with Crippen LogP contribution in [0.3, 0.4) is 0 Å². The zero-order chi connectivity index (χ0) is 12.7. The second kappa shape index (κ2) is 7.29. The molecule has 17 heavy (non-hydrogen) atoms. The molecule has 0 radical (unpaired) electrons. The van der Waals surface area contributed by atoms with Gasteiger partial charge in [0.1, 0.15) is 4.32 Å². The van der Waals surface area contributed by atoms with Crippen LogP contribution in [-0.4, -0.2) is 36.1 Å². The number of carbonyl (C=O) groups is 2. The van der Waals surface area contributed by atoms with E-state index in [0.717, 1.165) is 12.8 Å². The van der Waals surface area contributed by atoms with Crippen molar-refractivity contribution in [2.45, 2.75) is 30.0 Å². The first-order valence-corrected chi connectivity index (χ1v) is 6.68. The summed E-state index contributed by atoms with van der Waals surface area (Å²) in [6.07, 6.45) is 2.94. The van der Waals surface area contributed by atoms with Crippen molar-refractivity contribution < 1.29 is 23.6 Å². The van der Waals surface area contributed by atoms with Crippen molar-refractivity contribution in [3.8, 4) is 0 Å². The van der Waals surface area contributed by atoms with Gasteiger partial charge in [0.15, 0.2) is 0 Å². The molecule has 0 bridgehead atoms. The highest BCUT2D eigenvalue weighted by molar-refractivity contribution is 9.10. The summed E-state index contributed by atoms with van der Waals surface area (Å²) in [6, 6.07) is 0. The molecule has 0 aromatic rings. The fraction of sp³-hybridized carbons (Fsp3) is 0.800. The minimum Gasteiger partial charge on any atom is -0.466 e. The van der Waals surface area contributed by atoms with Crippen molar-refractivity contribution in [2.24, 2.45) is 0 Å². The fourth-order valence-electron chi connectivity index (χ4n) is 1.46. The maximum Gasteiger partial charge on any atom is 0.323 e. The average Bonchev–Trinajstić information content (AvgIpc) is 2.89. The molecule has 2 fully saturated rings. The Bertz CT molecular complexity index is 278. The van der Waals surface area contributed by atoms with Crippen molar-refractivity contribution in [2.75, 3.05) is 19.8 Å². The van der Waals surface area contributed by atoms with Gasteiger partial charge in [-0.1, -0.05) is 15.9 Å². The summed E-state index contributed by atoms with van der Waals surface area (Å²) in [6.45, 7) is 1.70. The minimum atomic E-state index is -0.483. The zero-order valence-electron chi connectivity index (χ0n) is 9.45. The standard InChI is InChI=1S/C6H10BrO3P.C4H6O2/c7-6(2-4-10-11)1-3-9-5(6)8;5-4-2-1-3-6-4/h1-4,11H2;1-3H2. The van der Waals surface area contributed by atoms with Gasteiger partial charge >= 0.3 is 11.9 Å². The van der Waals surface area contributed by atoms with Crippen LogP contribution in [0.5, 0.6) is 0 Å². The van der Waals surface area contributed by atoms with Gasteiger partial charge in [0.2, 0.25) is 0 Å². The molecule has 0 aromatic carbocycles. The molecule has 7 heteroatoms. The first kappa shape index (κ1) is 14.9. The van der Waals surface area contributed by atoms with Crippen molar-refractivity contribution >= 4 is 37.3 Å². The van der Waals surface area contributed by atoms with E-state index in [1.807, 2.05) is 0 Å². The number of hydrogen-bond acceptors (Lipinski definition) is 5. The van der Waals surface area contributed by atoms with Gasteiger partial charge in [0, 0.05) is 22.3 Å². The van der Waals surface area contributed by atoms with Crippen LogP contribution in [0.4, 0.5) is 0 Å². The first-order chi connectivity index (χ1) is 8.08. The molecule has 2 aliphatic rings. The van der Waals surface area contributed by atoms with Gasteiger partial charge in [0.25, 0.3) is 0 Å². The lowest BCUT2D eigenvalue weighted by Crippen LogP contribution is -2.27. The summed E-state index contributed by atoms with van der Waals surface area (Å²) in [5.74, 6) is -0.213. The molecule has 0 amide bonds. The number of carbonyl (C=O) groups excluding carboxylic acids is 2. The average molecular weight is 327 g/mol. The van der Waals surface area contributed by atoms with Crippen molar-refractivity contribution in [3.63, 3.8) is 0 Å². The number of alkyl halides is 1. The Morgan fingerprint density at radius 1 is 1.35 bits per heavy atom. The highest BCUT2D eigenvalue weighted by Crippen LogP contribution is 2.33. The fourth-order valence-corrected chi connectivity index (χ4v) is 2.02. The molecule has 98 valence electrons. The summed E-state index contributed by atoms with van der Waals surface area (Å²) in [5, 5.41) is 0. The normalized spacial score (nSPS) is 27.2. The number of cyclic esters (lactones) is 2. The van der Waals surface area contributed by atoms with Gasteiger partial charge in [-0.05, 0) is 12.8 Å². The van der Waals surface area contributed by atoms with Crippen LogP contribution in [0, 0.1) is 0 Å². The topological polar surface area (TPSA) is 61.8 Å². The molecule has 0 aromatic heterocycles. The molecule has 2 atom stereocenters. The van der Waals surface area contributed by atoms with Crippen LogP contribution in [0.15, 0.2) is 0 Å². The van der Waals surface area contributed by atoms with E-state index < -0.39 is 4.32 Å². The zero-order valence-corrected chi connectivity index (χ0v) is 12.2. The predicted molar refractivity (Wildman–Crippen MR) is 67.7 cm³/mol. The van der Waals surface area contributed by atoms with Crippen LogP contribution >= 0.6 is 25.4 Å². The Morgan fingerprint density at radius 3 is 2.47 bits per heavy atom. The van der Waals surface area contributed by atoms with Gasteiger partial charge in [-0.3, -0.25) is 9.59 Å². The summed E-state index contributed by atoms with van der Waals surface area (Å²) >= 11 is 3.35. The number of rotatable bonds is 3. The second-order valence-corrected chi connectivity index (χ2v) is 5.65. The minimum absolute atomic E-state index is 0.0463. The maximum atomic E-state index is 11.1. The molecule has 0 aliphatic carbocycles. The van der Waals surface area contributed by atoms with E-state index in [0.29, 0.717) is 32.7 Å². The van der Waals surface area contributed by atoms with Crippen LogP contribution in [0.2, 0.25) is 0 Å². The maximum absolute atomic E-state index is 11.1. The molecule has 5 nitrogen and oxygen atoms in total. The van der Waals surface area contributed by atoms with E-state index in [9.17, 15) is 9.59 Å². The van der Waals surface area contributed by atoms with Crippen LogP contribution < -0.4 is 0 Å². The number of esters is 2. The molecule has 2 rings (SSSR count). The van der Waals surface area contributed by atoms with Gasteiger partial charge in [-0.25, -0.2) is 0 Å². The molecule has 2 saturated heterocycles. The third-order valence-electron chi connectivity index (χ3n) is 2.50. The Labute approximate surface area is 111 Å². The van der Waals surface area contributed by atoms with Crippen molar-refractivity contribution in [3.05, 3.63) is 0 Å². The Kier molecular flexibility index (Phi) is 6.38. The van der Waals surface area contributed by atoms with E-state index in [4.69, 9.17) is 9.26 Å². The van der Waals surface area contributed by atoms with E-state index in [-0.39, 0.29) is 11.9 Å². The highest BCUT2D eigenvalue weighted by Gasteiger charge is 2.41. The van der Waals surface area contributed by atoms with Crippen LogP contribution in [-0.2, 0) is 23.6 Å². The molecule has 2 heterocycles.